The van der Waals surface area contributed by atoms with Crippen molar-refractivity contribution in [3.63, 3.8) is 0 Å². The quantitative estimate of drug-likeness (QED) is 0.917. The van der Waals surface area contributed by atoms with Crippen molar-refractivity contribution in [2.45, 2.75) is 13.0 Å². The molecule has 112 valence electrons. The Hall–Kier alpha value is -1.31. The molecule has 1 aromatic carbocycles. The van der Waals surface area contributed by atoms with Crippen LogP contribution in [0.2, 0.25) is 0 Å². The summed E-state index contributed by atoms with van der Waals surface area (Å²) in [5, 5.41) is 7.30. The molecule has 0 amide bonds. The predicted octanol–water partition coefficient (Wildman–Crippen LogP) is 2.43. The largest absolute Gasteiger partial charge is 0.338 e. The number of nitrogens with zero attached hydrogens (tertiary/aromatic N) is 3. The number of hydrogen-bond donors (Lipinski definition) is 1. The molecule has 0 saturated carbocycles. The molecule has 0 radical (unpaired) electrons. The Bertz CT molecular complexity index is 611. The Balaban J connectivity index is 1.75. The van der Waals surface area contributed by atoms with E-state index in [0.717, 1.165) is 37.1 Å². The van der Waals surface area contributed by atoms with Gasteiger partial charge in [0.15, 0.2) is 0 Å². The van der Waals surface area contributed by atoms with Gasteiger partial charge < -0.3 is 9.84 Å². The molecule has 7 heteroatoms. The summed E-state index contributed by atoms with van der Waals surface area (Å²) in [6, 6.07) is 4.43. The number of hydrogen-bond acceptors (Lipinski definition) is 5. The van der Waals surface area contributed by atoms with E-state index in [0.29, 0.717) is 23.8 Å². The van der Waals surface area contributed by atoms with Crippen molar-refractivity contribution in [3.8, 4) is 11.4 Å². The van der Waals surface area contributed by atoms with E-state index in [1.807, 2.05) is 0 Å². The van der Waals surface area contributed by atoms with Crippen LogP contribution in [-0.2, 0) is 6.54 Å². The Morgan fingerprint density at radius 2 is 2.24 bits per heavy atom. The van der Waals surface area contributed by atoms with Crippen molar-refractivity contribution in [1.82, 2.24) is 20.4 Å². The second-order valence-electron chi connectivity index (χ2n) is 5.02. The zero-order valence-corrected chi connectivity index (χ0v) is 13.1. The van der Waals surface area contributed by atoms with E-state index in [2.05, 4.69) is 36.3 Å². The van der Waals surface area contributed by atoms with Gasteiger partial charge in [-0.25, -0.2) is 4.39 Å². The minimum atomic E-state index is -0.321. The highest BCUT2D eigenvalue weighted by Crippen LogP contribution is 2.26. The molecule has 1 aromatic heterocycles. The van der Waals surface area contributed by atoms with Crippen LogP contribution in [0.5, 0.6) is 0 Å². The van der Waals surface area contributed by atoms with Gasteiger partial charge in [-0.15, -0.1) is 0 Å². The molecular weight excluding hydrogens is 339 g/mol. The molecule has 1 fully saturated rings. The Kier molecular flexibility index (Phi) is 4.62. The van der Waals surface area contributed by atoms with Gasteiger partial charge in [0.25, 0.3) is 0 Å². The fourth-order valence-electron chi connectivity index (χ4n) is 2.35. The van der Waals surface area contributed by atoms with Crippen molar-refractivity contribution in [2.24, 2.45) is 0 Å². The molecule has 0 aliphatic carbocycles. The number of benzene rings is 1. The first-order valence-corrected chi connectivity index (χ1v) is 7.73. The van der Waals surface area contributed by atoms with Gasteiger partial charge in [-0.05, 0) is 37.7 Å². The van der Waals surface area contributed by atoms with Crippen molar-refractivity contribution in [1.29, 1.82) is 0 Å². The maximum atomic E-state index is 13.3. The van der Waals surface area contributed by atoms with Crippen LogP contribution in [0.15, 0.2) is 27.2 Å². The van der Waals surface area contributed by atoms with Crippen molar-refractivity contribution < 1.29 is 8.91 Å². The summed E-state index contributed by atoms with van der Waals surface area (Å²) in [5.74, 6) is 0.644. The van der Waals surface area contributed by atoms with Gasteiger partial charge in [0, 0.05) is 23.1 Å². The van der Waals surface area contributed by atoms with Crippen molar-refractivity contribution in [3.05, 3.63) is 34.4 Å². The zero-order valence-electron chi connectivity index (χ0n) is 11.5. The maximum Gasteiger partial charge on any atom is 0.241 e. The highest BCUT2D eigenvalue weighted by atomic mass is 79.9. The minimum absolute atomic E-state index is 0.321. The topological polar surface area (TPSA) is 54.2 Å². The Morgan fingerprint density at radius 1 is 1.33 bits per heavy atom. The van der Waals surface area contributed by atoms with Gasteiger partial charge in [0.1, 0.15) is 5.82 Å². The monoisotopic (exact) mass is 354 g/mol. The molecular formula is C14H16BrFN4O. The summed E-state index contributed by atoms with van der Waals surface area (Å²) in [6.45, 7) is 4.61. The fraction of sp³-hybridized carbons (Fsp3) is 0.429. The average Bonchev–Trinajstić information content (AvgIpc) is 2.77. The summed E-state index contributed by atoms with van der Waals surface area (Å²) < 4.78 is 19.4. The average molecular weight is 355 g/mol. The second kappa shape index (κ2) is 6.64. The Morgan fingerprint density at radius 3 is 3.14 bits per heavy atom. The lowest BCUT2D eigenvalue weighted by Gasteiger charge is -2.16. The molecule has 0 atom stereocenters. The molecule has 1 N–H and O–H groups in total. The molecule has 2 aromatic rings. The van der Waals surface area contributed by atoms with E-state index in [-0.39, 0.29) is 5.82 Å². The van der Waals surface area contributed by atoms with Gasteiger partial charge in [0.05, 0.1) is 6.54 Å². The van der Waals surface area contributed by atoms with E-state index < -0.39 is 0 Å². The van der Waals surface area contributed by atoms with Gasteiger partial charge in [-0.3, -0.25) is 4.90 Å². The van der Waals surface area contributed by atoms with Crippen LogP contribution in [0.1, 0.15) is 12.3 Å². The maximum absolute atomic E-state index is 13.3. The van der Waals surface area contributed by atoms with Crippen LogP contribution < -0.4 is 5.32 Å². The smallest absolute Gasteiger partial charge is 0.241 e. The highest BCUT2D eigenvalue weighted by Gasteiger charge is 2.16. The van der Waals surface area contributed by atoms with Gasteiger partial charge in [-0.1, -0.05) is 21.1 Å². The molecule has 5 nitrogen and oxygen atoms in total. The van der Waals surface area contributed by atoms with E-state index >= 15 is 0 Å². The molecule has 3 rings (SSSR count). The van der Waals surface area contributed by atoms with Crippen LogP contribution in [-0.4, -0.2) is 41.2 Å². The third-order valence-corrected chi connectivity index (χ3v) is 4.12. The lowest BCUT2D eigenvalue weighted by Crippen LogP contribution is -2.27. The molecule has 0 unspecified atom stereocenters. The normalized spacial score (nSPS) is 16.9. The zero-order chi connectivity index (χ0) is 14.7. The molecule has 0 bridgehead atoms. The van der Waals surface area contributed by atoms with Crippen LogP contribution in [0, 0.1) is 5.82 Å². The lowest BCUT2D eigenvalue weighted by molar-refractivity contribution is 0.239. The fourth-order valence-corrected chi connectivity index (χ4v) is 2.77. The predicted molar refractivity (Wildman–Crippen MR) is 80.2 cm³/mol. The lowest BCUT2D eigenvalue weighted by atomic mass is 10.2. The summed E-state index contributed by atoms with van der Waals surface area (Å²) in [4.78, 5) is 6.65. The number of rotatable bonds is 3. The van der Waals surface area contributed by atoms with Gasteiger partial charge in [-0.2, -0.15) is 4.98 Å². The summed E-state index contributed by atoms with van der Waals surface area (Å²) in [7, 11) is 0. The second-order valence-corrected chi connectivity index (χ2v) is 5.87. The standard InChI is InChI=1S/C14H16BrFN4O/c15-12-3-2-10(16)8-11(12)14-18-13(21-19-14)9-20-6-1-4-17-5-7-20/h2-3,8,17H,1,4-7,9H2. The van der Waals surface area contributed by atoms with Crippen LogP contribution in [0.4, 0.5) is 4.39 Å². The number of halogens is 2. The molecule has 21 heavy (non-hydrogen) atoms. The van der Waals surface area contributed by atoms with Crippen LogP contribution in [0.25, 0.3) is 11.4 Å². The first kappa shape index (κ1) is 14.6. The van der Waals surface area contributed by atoms with Gasteiger partial charge in [0.2, 0.25) is 11.7 Å². The minimum Gasteiger partial charge on any atom is -0.338 e. The van der Waals surface area contributed by atoms with E-state index in [1.165, 1.54) is 12.1 Å². The van der Waals surface area contributed by atoms with E-state index in [1.54, 1.807) is 6.07 Å². The molecule has 1 saturated heterocycles. The summed E-state index contributed by atoms with van der Waals surface area (Å²) in [5.41, 5.74) is 0.600. The molecule has 2 heterocycles. The van der Waals surface area contributed by atoms with Crippen LogP contribution in [0.3, 0.4) is 0 Å². The SMILES string of the molecule is Fc1ccc(Br)c(-c2noc(CN3CCCNCC3)n2)c1. The summed E-state index contributed by atoms with van der Waals surface area (Å²) in [6.07, 6.45) is 1.11. The van der Waals surface area contributed by atoms with Crippen molar-refractivity contribution >= 4 is 15.9 Å². The van der Waals surface area contributed by atoms with Crippen LogP contribution >= 0.6 is 15.9 Å². The third-order valence-electron chi connectivity index (χ3n) is 3.43. The van der Waals surface area contributed by atoms with E-state index in [9.17, 15) is 4.39 Å². The van der Waals surface area contributed by atoms with Gasteiger partial charge >= 0.3 is 0 Å². The third kappa shape index (κ3) is 3.66. The molecule has 1 aliphatic rings. The Labute approximate surface area is 130 Å². The number of aromatic nitrogens is 2. The van der Waals surface area contributed by atoms with E-state index in [4.69, 9.17) is 4.52 Å². The molecule has 1 aliphatic heterocycles. The van der Waals surface area contributed by atoms with Crippen molar-refractivity contribution in [2.75, 3.05) is 26.2 Å². The first-order valence-electron chi connectivity index (χ1n) is 6.93. The first-order chi connectivity index (χ1) is 10.2. The highest BCUT2D eigenvalue weighted by molar-refractivity contribution is 9.10. The number of nitrogens with one attached hydrogen (secondary N) is 1. The molecule has 0 spiro atoms. The summed E-state index contributed by atoms with van der Waals surface area (Å²) >= 11 is 3.38.